The van der Waals surface area contributed by atoms with Crippen LogP contribution in [0.4, 0.5) is 5.69 Å². The number of anilines is 1. The maximum atomic E-state index is 10.0. The molecule has 0 bridgehead atoms. The minimum atomic E-state index is -2.52. The van der Waals surface area contributed by atoms with Crippen LogP contribution in [0.2, 0.25) is 0 Å². The van der Waals surface area contributed by atoms with E-state index in [1.54, 1.807) is 6.21 Å². The molecule has 3 unspecified atom stereocenters. The van der Waals surface area contributed by atoms with Gasteiger partial charge in [-0.3, -0.25) is 0 Å². The van der Waals surface area contributed by atoms with Gasteiger partial charge in [0.25, 0.3) is 0 Å². The van der Waals surface area contributed by atoms with Crippen molar-refractivity contribution in [3.05, 3.63) is 66.2 Å². The lowest BCUT2D eigenvalue weighted by molar-refractivity contribution is -0.142. The van der Waals surface area contributed by atoms with Crippen LogP contribution in [0.5, 0.6) is 5.75 Å². The van der Waals surface area contributed by atoms with Crippen LogP contribution in [-0.4, -0.2) is 65.2 Å². The Labute approximate surface area is 229 Å². The highest BCUT2D eigenvalue weighted by molar-refractivity contribution is 7.97. The van der Waals surface area contributed by atoms with Crippen LogP contribution in [0.25, 0.3) is 10.8 Å². The number of nitrogens with one attached hydrogen (secondary N) is 2. The summed E-state index contributed by atoms with van der Waals surface area (Å²) < 4.78 is 9.61. The Balaban J connectivity index is 1.42. The lowest BCUT2D eigenvalue weighted by Crippen LogP contribution is -2.28. The van der Waals surface area contributed by atoms with Crippen molar-refractivity contribution in [1.29, 1.82) is 0 Å². The van der Waals surface area contributed by atoms with Gasteiger partial charge in [-0.05, 0) is 54.7 Å². The Kier molecular flexibility index (Phi) is 12.5. The molecule has 3 atom stereocenters. The highest BCUT2D eigenvalue weighted by Crippen LogP contribution is 2.55. The Morgan fingerprint density at radius 2 is 1.87 bits per heavy atom. The van der Waals surface area contributed by atoms with Crippen molar-refractivity contribution in [3.63, 3.8) is 0 Å². The quantitative estimate of drug-likeness (QED) is 0.0363. The Hall–Kier alpha value is -2.04. The van der Waals surface area contributed by atoms with E-state index in [-0.39, 0.29) is 6.42 Å². The first-order valence-electron chi connectivity index (χ1n) is 11.9. The molecule has 0 saturated carbocycles. The van der Waals surface area contributed by atoms with Crippen molar-refractivity contribution in [3.8, 4) is 5.75 Å². The fraction of sp³-hybridized carbons (Fsp3) is 0.320. The summed E-state index contributed by atoms with van der Waals surface area (Å²) in [7, 11) is 0.590. The molecule has 0 aliphatic carbocycles. The molecule has 0 spiro atoms. The van der Waals surface area contributed by atoms with E-state index in [1.165, 1.54) is 28.4 Å². The van der Waals surface area contributed by atoms with Gasteiger partial charge in [0.15, 0.2) is 5.08 Å². The monoisotopic (exact) mass is 580 g/mol. The highest BCUT2D eigenvalue weighted by atomic mass is 32.2. The summed E-state index contributed by atoms with van der Waals surface area (Å²) >= 11 is 1.46. The minimum Gasteiger partial charge on any atom is -0.494 e. The maximum absolute atomic E-state index is 10.0. The third-order valence-electron chi connectivity index (χ3n) is 5.61. The van der Waals surface area contributed by atoms with E-state index < -0.39 is 22.3 Å². The van der Waals surface area contributed by atoms with Crippen molar-refractivity contribution < 1.29 is 29.6 Å². The molecule has 13 heteroatoms. The molecule has 3 rings (SSSR count). The van der Waals surface area contributed by atoms with E-state index in [2.05, 4.69) is 55.2 Å². The maximum Gasteiger partial charge on any atom is 0.245 e. The zero-order valence-electron chi connectivity index (χ0n) is 21.2. The summed E-state index contributed by atoms with van der Waals surface area (Å²) in [6, 6.07) is 20.2. The van der Waals surface area contributed by atoms with Crippen LogP contribution >= 0.6 is 29.1 Å². The Bertz CT molecular complexity index is 1190. The predicted molar refractivity (Wildman–Crippen MR) is 157 cm³/mol. The van der Waals surface area contributed by atoms with E-state index in [0.29, 0.717) is 26.1 Å². The van der Waals surface area contributed by atoms with Crippen LogP contribution in [-0.2, 0) is 4.67 Å². The summed E-state index contributed by atoms with van der Waals surface area (Å²) in [6.07, 6.45) is 2.49. The van der Waals surface area contributed by atoms with Gasteiger partial charge in [-0.1, -0.05) is 36.4 Å². The van der Waals surface area contributed by atoms with E-state index >= 15 is 0 Å². The van der Waals surface area contributed by atoms with Gasteiger partial charge in [0.1, 0.15) is 5.75 Å². The number of ether oxygens (including phenoxy) is 1. The van der Waals surface area contributed by atoms with Crippen molar-refractivity contribution in [2.45, 2.75) is 22.8 Å². The predicted octanol–water partition coefficient (Wildman–Crippen LogP) is 4.31. The number of fused-ring (bicyclic) bond motifs is 1. The molecule has 38 heavy (non-hydrogen) atoms. The molecule has 10 nitrogen and oxygen atoms in total. The molecule has 206 valence electrons. The van der Waals surface area contributed by atoms with Crippen LogP contribution in [0.15, 0.2) is 70.7 Å². The molecule has 0 aromatic heterocycles. The van der Waals surface area contributed by atoms with Crippen molar-refractivity contribution in [2.75, 3.05) is 38.7 Å². The average molecular weight is 581 g/mol. The number of aliphatic hydroxyl groups is 1. The molecule has 3 aromatic rings. The van der Waals surface area contributed by atoms with Crippen LogP contribution < -0.4 is 19.8 Å². The van der Waals surface area contributed by atoms with Crippen molar-refractivity contribution >= 4 is 51.8 Å². The summed E-state index contributed by atoms with van der Waals surface area (Å²) in [5.74, 6) is 0.730. The van der Waals surface area contributed by atoms with Gasteiger partial charge in [-0.25, -0.2) is 10.1 Å². The first-order valence-corrected chi connectivity index (χ1v) is 14.9. The number of hydrogen-bond acceptors (Lipinski definition) is 11. The lowest BCUT2D eigenvalue weighted by atomic mass is 10.1. The van der Waals surface area contributed by atoms with Gasteiger partial charge in [-0.2, -0.15) is 9.78 Å². The number of hydrogen-bond donors (Lipinski definition) is 6. The van der Waals surface area contributed by atoms with Gasteiger partial charge in [0.2, 0.25) is 8.38 Å². The smallest absolute Gasteiger partial charge is 0.245 e. The molecule has 0 saturated heterocycles. The molecule has 0 aliphatic heterocycles. The molecule has 0 amide bonds. The molecular weight excluding hydrogens is 546 g/mol. The molecule has 3 aromatic carbocycles. The first-order chi connectivity index (χ1) is 18.4. The number of hydrazone groups is 1. The average Bonchev–Trinajstić information content (AvgIpc) is 2.94. The number of benzene rings is 3. The van der Waals surface area contributed by atoms with Crippen LogP contribution in [0.1, 0.15) is 18.4 Å². The SMILES string of the molecule is CN(C)c1cccc2c(SN/N=C/c3cccc(OCCCNCCC(O)(PO)P(O)OO)c3)cccc12. The number of rotatable bonds is 16. The largest absolute Gasteiger partial charge is 0.494 e. The number of nitrogens with zero attached hydrogens (tertiary/aromatic N) is 2. The van der Waals surface area contributed by atoms with Gasteiger partial charge >= 0.3 is 0 Å². The normalized spacial score (nSPS) is 14.3. The summed E-state index contributed by atoms with van der Waals surface area (Å²) in [5.41, 5.74) is 2.07. The van der Waals surface area contributed by atoms with E-state index in [9.17, 15) is 14.9 Å². The second-order valence-corrected chi connectivity index (χ2v) is 12.3. The van der Waals surface area contributed by atoms with Gasteiger partial charge in [0, 0.05) is 48.4 Å². The second kappa shape index (κ2) is 15.5. The van der Waals surface area contributed by atoms with Crippen LogP contribution in [0, 0.1) is 0 Å². The fourth-order valence-electron chi connectivity index (χ4n) is 3.64. The molecule has 0 aliphatic rings. The third-order valence-corrected chi connectivity index (χ3v) is 8.88. The van der Waals surface area contributed by atoms with Crippen molar-refractivity contribution in [1.82, 2.24) is 10.1 Å². The van der Waals surface area contributed by atoms with E-state index in [0.717, 1.165) is 16.2 Å². The highest BCUT2D eigenvalue weighted by Gasteiger charge is 2.38. The van der Waals surface area contributed by atoms with Crippen LogP contribution in [0.3, 0.4) is 0 Å². The molecule has 0 radical (unpaired) electrons. The standard InChI is InChI=1S/C25H34N4O6P2S/c1-29(2)23-11-4-10-22-21(23)9-5-12-24(22)38-28-27-18-19-7-3-8-20(17-19)34-16-6-14-26-15-13-25(30,36-32)37(33)35-31/h3-5,7-12,17-18,26,28,30-33,36H,6,13-16H2,1-2H3/b27-18+. The van der Waals surface area contributed by atoms with E-state index in [4.69, 9.17) is 9.99 Å². The fourth-order valence-corrected chi connectivity index (χ4v) is 5.42. The lowest BCUT2D eigenvalue weighted by Gasteiger charge is -2.26. The second-order valence-electron chi connectivity index (χ2n) is 8.53. The van der Waals surface area contributed by atoms with Gasteiger partial charge in [-0.15, -0.1) is 0 Å². The zero-order chi connectivity index (χ0) is 27.4. The van der Waals surface area contributed by atoms with Gasteiger partial charge < -0.3 is 29.8 Å². The topological polar surface area (TPSA) is 139 Å². The van der Waals surface area contributed by atoms with Gasteiger partial charge in [0.05, 0.1) is 21.6 Å². The minimum absolute atomic E-state index is 0.0386. The Morgan fingerprint density at radius 1 is 1.11 bits per heavy atom. The molecule has 0 heterocycles. The first kappa shape index (κ1) is 30.5. The summed E-state index contributed by atoms with van der Waals surface area (Å²) in [6.45, 7) is 1.43. The molecule has 6 N–H and O–H groups in total. The molecular formula is C25H34N4O6P2S. The molecule has 0 fully saturated rings. The zero-order valence-corrected chi connectivity index (χ0v) is 24.0. The third kappa shape index (κ3) is 8.74. The van der Waals surface area contributed by atoms with E-state index in [1.807, 2.05) is 44.4 Å². The van der Waals surface area contributed by atoms with Crippen molar-refractivity contribution in [2.24, 2.45) is 5.10 Å². The summed E-state index contributed by atoms with van der Waals surface area (Å²) in [5, 5.41) is 26.5. The summed E-state index contributed by atoms with van der Waals surface area (Å²) in [4.78, 5) is 25.0. The Morgan fingerprint density at radius 3 is 2.63 bits per heavy atom.